The second kappa shape index (κ2) is 4.05. The predicted molar refractivity (Wildman–Crippen MR) is 64.5 cm³/mol. The molecule has 2 aromatic carbocycles. The zero-order valence-corrected chi connectivity index (χ0v) is 7.83. The molecule has 0 saturated heterocycles. The topological polar surface area (TPSA) is 52.0 Å². The van der Waals surface area contributed by atoms with E-state index in [-0.39, 0.29) is 11.3 Å². The molecular weight excluding hydrogens is 184 g/mol. The summed E-state index contributed by atoms with van der Waals surface area (Å²) in [6.07, 6.45) is -2.29. The van der Waals surface area contributed by atoms with Gasteiger partial charge in [-0.3, -0.25) is 0 Å². The van der Waals surface area contributed by atoms with Crippen molar-refractivity contribution in [2.24, 2.45) is 0 Å². The molecule has 0 unspecified atom stereocenters. The minimum Gasteiger partial charge on any atom is -0.399 e. The summed E-state index contributed by atoms with van der Waals surface area (Å²) in [6, 6.07) is 3.28. The number of nitrogens with two attached hydrogens (primary N) is 2. The van der Waals surface area contributed by atoms with Crippen LogP contribution in [0, 0.1) is 0 Å². The van der Waals surface area contributed by atoms with Gasteiger partial charge in [0.05, 0.1) is 5.48 Å². The van der Waals surface area contributed by atoms with Gasteiger partial charge in [0.1, 0.15) is 0 Å². The molecule has 2 heteroatoms. The van der Waals surface area contributed by atoms with Crippen LogP contribution in [-0.2, 0) is 6.37 Å². The van der Waals surface area contributed by atoms with Gasteiger partial charge in [0.25, 0.3) is 0 Å². The maximum absolute atomic E-state index is 8.24. The van der Waals surface area contributed by atoms with Crippen molar-refractivity contribution in [3.05, 3.63) is 59.6 Å². The number of hydrogen-bond acceptors (Lipinski definition) is 2. The Labute approximate surface area is 101 Å². The van der Waals surface area contributed by atoms with Crippen LogP contribution < -0.4 is 11.5 Å². The third-order valence-electron chi connectivity index (χ3n) is 1.79. The Morgan fingerprint density at radius 2 is 1.67 bits per heavy atom. The second-order valence-corrected chi connectivity index (χ2v) is 2.97. The predicted octanol–water partition coefficient (Wildman–Crippen LogP) is 2.44. The summed E-state index contributed by atoms with van der Waals surface area (Å²) in [5.41, 5.74) is 5.15. The van der Waals surface area contributed by atoms with E-state index >= 15 is 0 Å². The van der Waals surface area contributed by atoms with Gasteiger partial charge in [-0.2, -0.15) is 0 Å². The summed E-state index contributed by atoms with van der Waals surface area (Å²) >= 11 is 0. The fraction of sp³-hybridized carbons (Fsp3) is 0.0769. The van der Waals surface area contributed by atoms with Gasteiger partial charge in [-0.25, -0.2) is 0 Å². The average molecular weight is 206 g/mol. The minimum absolute atomic E-state index is 0.0106. The van der Waals surface area contributed by atoms with Crippen molar-refractivity contribution < 1.29 is 11.0 Å². The van der Waals surface area contributed by atoms with Gasteiger partial charge in [0, 0.05) is 14.1 Å². The van der Waals surface area contributed by atoms with Gasteiger partial charge in [0.15, 0.2) is 2.82 Å². The van der Waals surface area contributed by atoms with Gasteiger partial charge in [-0.15, -0.1) is 0 Å². The van der Waals surface area contributed by atoms with Crippen LogP contribution >= 0.6 is 0 Å². The van der Waals surface area contributed by atoms with Crippen molar-refractivity contribution in [1.29, 1.82) is 0 Å². The lowest BCUT2D eigenvalue weighted by atomic mass is 10.0. The summed E-state index contributed by atoms with van der Waals surface area (Å²) in [6.45, 7) is 0. The Hall–Kier alpha value is -1.96. The van der Waals surface area contributed by atoms with Crippen LogP contribution in [0.25, 0.3) is 0 Å². The van der Waals surface area contributed by atoms with Crippen molar-refractivity contribution in [2.45, 2.75) is 6.37 Å². The maximum atomic E-state index is 8.24. The van der Waals surface area contributed by atoms with Crippen LogP contribution in [0.3, 0.4) is 0 Å². The SMILES string of the molecule is [2H]c1c([2H])c(C([2H])([2H])c2ccc(N)cc2)c([2H])c([2H])c1N([2H])[2H]. The van der Waals surface area contributed by atoms with Crippen molar-refractivity contribution in [2.75, 3.05) is 11.5 Å². The summed E-state index contributed by atoms with van der Waals surface area (Å²) in [5, 5.41) is 0. The molecule has 0 spiro atoms. The maximum Gasteiger partial charge on any atom is 0.156 e. The van der Waals surface area contributed by atoms with Crippen molar-refractivity contribution in [3.8, 4) is 0 Å². The van der Waals surface area contributed by atoms with E-state index in [1.54, 1.807) is 0 Å². The Kier molecular flexibility index (Phi) is 1.05. The third-order valence-corrected chi connectivity index (χ3v) is 1.79. The van der Waals surface area contributed by atoms with Crippen LogP contribution in [0.5, 0.6) is 0 Å². The molecule has 0 bridgehead atoms. The number of benzene rings is 2. The lowest BCUT2D eigenvalue weighted by Gasteiger charge is -2.02. The van der Waals surface area contributed by atoms with Gasteiger partial charge in [-0.1, -0.05) is 24.2 Å². The fourth-order valence-corrected chi connectivity index (χ4v) is 1.08. The summed E-state index contributed by atoms with van der Waals surface area (Å²) in [5.74, 6) is 0. The van der Waals surface area contributed by atoms with E-state index in [1.807, 2.05) is 0 Å². The van der Waals surface area contributed by atoms with Crippen LogP contribution in [0.15, 0.2) is 48.4 Å². The van der Waals surface area contributed by atoms with Crippen LogP contribution in [0.2, 0.25) is 2.82 Å². The van der Waals surface area contributed by atoms with Gasteiger partial charge >= 0.3 is 0 Å². The quantitative estimate of drug-likeness (QED) is 0.758. The van der Waals surface area contributed by atoms with E-state index in [1.165, 1.54) is 24.3 Å². The van der Waals surface area contributed by atoms with Crippen LogP contribution in [0.4, 0.5) is 11.4 Å². The van der Waals surface area contributed by atoms with E-state index in [0.717, 1.165) is 0 Å². The van der Waals surface area contributed by atoms with E-state index in [2.05, 4.69) is 0 Å². The van der Waals surface area contributed by atoms with Gasteiger partial charge < -0.3 is 11.5 Å². The number of rotatable bonds is 3. The summed E-state index contributed by atoms with van der Waals surface area (Å²) in [7, 11) is 0. The highest BCUT2D eigenvalue weighted by atomic mass is 14.5. The Morgan fingerprint density at radius 1 is 1.00 bits per heavy atom. The molecule has 0 amide bonds. The standard InChI is InChI=1S/C13H14N2/c14-12-5-1-10(2-6-12)9-11-3-7-13(15)8-4-11/h1-8H,9,14-15H2/i1D,2D,5D,6D,9D2/hD2. The largest absolute Gasteiger partial charge is 0.399 e. The van der Waals surface area contributed by atoms with E-state index in [0.29, 0.717) is 5.69 Å². The van der Waals surface area contributed by atoms with Gasteiger partial charge in [0.2, 0.25) is 0 Å². The molecule has 15 heavy (non-hydrogen) atoms. The first kappa shape index (κ1) is 3.89. The van der Waals surface area contributed by atoms with E-state index < -0.39 is 41.8 Å². The molecule has 2 aromatic rings. The Balaban J connectivity index is 2.75. The molecule has 0 heterocycles. The lowest BCUT2D eigenvalue weighted by molar-refractivity contribution is 1.19. The molecule has 0 radical (unpaired) electrons. The zero-order chi connectivity index (χ0) is 17.5. The molecule has 0 aliphatic rings. The minimum atomic E-state index is -2.29. The number of nitrogen functional groups attached to an aromatic ring is 2. The lowest BCUT2D eigenvalue weighted by Crippen LogP contribution is -1.90. The van der Waals surface area contributed by atoms with Crippen molar-refractivity contribution in [1.82, 2.24) is 0 Å². The second-order valence-electron chi connectivity index (χ2n) is 2.97. The van der Waals surface area contributed by atoms with Gasteiger partial charge in [-0.05, 0) is 41.7 Å². The van der Waals surface area contributed by atoms with Crippen molar-refractivity contribution in [3.63, 3.8) is 0 Å². The Morgan fingerprint density at radius 3 is 2.27 bits per heavy atom. The van der Waals surface area contributed by atoms with E-state index in [4.69, 9.17) is 16.8 Å². The fourth-order valence-electron chi connectivity index (χ4n) is 1.08. The van der Waals surface area contributed by atoms with Crippen LogP contribution in [-0.4, -0.2) is 0 Å². The number of anilines is 2. The monoisotopic (exact) mass is 206 g/mol. The highest BCUT2D eigenvalue weighted by molar-refractivity contribution is 5.43. The smallest absolute Gasteiger partial charge is 0.156 e. The molecule has 0 fully saturated rings. The third kappa shape index (κ3) is 2.50. The van der Waals surface area contributed by atoms with E-state index in [9.17, 15) is 0 Å². The highest BCUT2D eigenvalue weighted by Crippen LogP contribution is 2.13. The first-order chi connectivity index (χ1) is 10.6. The molecular formula is C13H14N2. The highest BCUT2D eigenvalue weighted by Gasteiger charge is 1.95. The van der Waals surface area contributed by atoms with Crippen LogP contribution in [0.1, 0.15) is 19.4 Å². The molecule has 4 N–H and O–H groups in total. The normalized spacial score (nSPS) is 18.4. The van der Waals surface area contributed by atoms with Crippen molar-refractivity contribution >= 4 is 11.4 Å². The number of hydrogen-bond donors (Lipinski definition) is 2. The molecule has 0 saturated carbocycles. The molecule has 0 aliphatic carbocycles. The zero-order valence-electron chi connectivity index (χ0n) is 15.8. The summed E-state index contributed by atoms with van der Waals surface area (Å²) in [4.78, 5) is 0. The molecule has 2 nitrogen and oxygen atoms in total. The first-order valence-corrected chi connectivity index (χ1v) is 4.33. The summed E-state index contributed by atoms with van der Waals surface area (Å²) < 4.78 is 62.4. The molecule has 0 atom stereocenters. The molecule has 0 aromatic heterocycles. The average Bonchev–Trinajstić information content (AvgIpc) is 2.45. The molecule has 2 rings (SSSR count). The first-order valence-electron chi connectivity index (χ1n) is 8.23. The molecule has 76 valence electrons. The Bertz CT molecular complexity index is 714. The molecule has 0 aliphatic heterocycles.